The lowest BCUT2D eigenvalue weighted by Gasteiger charge is -2.34. The van der Waals surface area contributed by atoms with Crippen molar-refractivity contribution in [2.24, 2.45) is 0 Å². The molecule has 11 heavy (non-hydrogen) atoms. The maximum absolute atomic E-state index is 12.7. The maximum atomic E-state index is 12.7. The van der Waals surface area contributed by atoms with Crippen molar-refractivity contribution in [3.8, 4) is 0 Å². The molecule has 1 nitrogen and oxygen atoms in total. The van der Waals surface area contributed by atoms with Crippen LogP contribution in [-0.4, -0.2) is 22.6 Å². The summed E-state index contributed by atoms with van der Waals surface area (Å²) in [5, 5.41) is 8.69. The van der Waals surface area contributed by atoms with E-state index in [0.29, 0.717) is 20.8 Å². The average Bonchev–Trinajstić information content (AvgIpc) is 1.58. The molecule has 68 valence electrons. The van der Waals surface area contributed by atoms with Crippen LogP contribution in [0.15, 0.2) is 0 Å². The summed E-state index contributed by atoms with van der Waals surface area (Å²) in [5.41, 5.74) is -5.98. The van der Waals surface area contributed by atoms with E-state index in [1.165, 1.54) is 0 Å². The van der Waals surface area contributed by atoms with Crippen molar-refractivity contribution in [2.45, 2.75) is 38.2 Å². The van der Waals surface area contributed by atoms with Crippen LogP contribution >= 0.6 is 0 Å². The molecule has 0 fully saturated rings. The van der Waals surface area contributed by atoms with Crippen molar-refractivity contribution < 1.29 is 22.7 Å². The van der Waals surface area contributed by atoms with Gasteiger partial charge in [0.15, 0.2) is 5.60 Å². The third-order valence-corrected chi connectivity index (χ3v) is 1.71. The summed E-state index contributed by atoms with van der Waals surface area (Å²) in [6, 6.07) is 0. The van der Waals surface area contributed by atoms with Gasteiger partial charge < -0.3 is 5.11 Å². The zero-order valence-corrected chi connectivity index (χ0v) is 6.46. The molecule has 0 aliphatic carbocycles. The normalized spacial score (nSPS) is 19.6. The summed E-state index contributed by atoms with van der Waals surface area (Å²) < 4.78 is 48.2. The number of hydrogen-bond acceptors (Lipinski definition) is 1. The molecular formula is C6H10F4O. The molecule has 0 bridgehead atoms. The molecule has 0 amide bonds. The largest absolute Gasteiger partial charge is 0.420 e. The van der Waals surface area contributed by atoms with Crippen molar-refractivity contribution in [2.75, 3.05) is 0 Å². The Morgan fingerprint density at radius 1 is 0.909 bits per heavy atom. The SMILES string of the molecule is CC(C)(F)C(C)(O)C(F)(F)F. The second kappa shape index (κ2) is 2.33. The van der Waals surface area contributed by atoms with E-state index in [-0.39, 0.29) is 0 Å². The Bertz CT molecular complexity index is 126. The standard InChI is InChI=1S/C6H10F4O/c1-4(2,7)5(3,11)6(8,9)10/h11H,1-3H3. The third-order valence-electron chi connectivity index (χ3n) is 1.71. The van der Waals surface area contributed by atoms with Gasteiger partial charge in [0.05, 0.1) is 0 Å². The van der Waals surface area contributed by atoms with E-state index in [1.807, 2.05) is 0 Å². The predicted octanol–water partition coefficient (Wildman–Crippen LogP) is 2.05. The van der Waals surface area contributed by atoms with Crippen LogP contribution < -0.4 is 0 Å². The smallest absolute Gasteiger partial charge is 0.378 e. The van der Waals surface area contributed by atoms with E-state index in [4.69, 9.17) is 5.11 Å². The Kier molecular flexibility index (Phi) is 2.27. The van der Waals surface area contributed by atoms with Crippen molar-refractivity contribution in [1.82, 2.24) is 0 Å². The molecule has 0 aromatic heterocycles. The Morgan fingerprint density at radius 3 is 1.18 bits per heavy atom. The molecule has 1 unspecified atom stereocenters. The van der Waals surface area contributed by atoms with Crippen LogP contribution in [0.25, 0.3) is 0 Å². The second-order valence-electron chi connectivity index (χ2n) is 3.04. The third kappa shape index (κ3) is 1.83. The maximum Gasteiger partial charge on any atom is 0.420 e. The minimum absolute atomic E-state index is 0.410. The van der Waals surface area contributed by atoms with Crippen LogP contribution in [0, 0.1) is 0 Å². The highest BCUT2D eigenvalue weighted by atomic mass is 19.4. The van der Waals surface area contributed by atoms with Crippen LogP contribution in [0.5, 0.6) is 0 Å². The van der Waals surface area contributed by atoms with E-state index in [9.17, 15) is 17.6 Å². The van der Waals surface area contributed by atoms with Crippen molar-refractivity contribution in [3.63, 3.8) is 0 Å². The Hall–Kier alpha value is -0.320. The molecule has 1 N–H and O–H groups in total. The van der Waals surface area contributed by atoms with E-state index in [0.717, 1.165) is 0 Å². The Morgan fingerprint density at radius 2 is 1.18 bits per heavy atom. The monoisotopic (exact) mass is 174 g/mol. The zero-order chi connectivity index (χ0) is 9.50. The van der Waals surface area contributed by atoms with Gasteiger partial charge in [-0.25, -0.2) is 4.39 Å². The molecule has 0 saturated heterocycles. The van der Waals surface area contributed by atoms with Gasteiger partial charge in [-0.2, -0.15) is 13.2 Å². The van der Waals surface area contributed by atoms with Crippen LogP contribution in [0.3, 0.4) is 0 Å². The molecular weight excluding hydrogens is 164 g/mol. The van der Waals surface area contributed by atoms with Gasteiger partial charge in [-0.3, -0.25) is 0 Å². The fourth-order valence-electron chi connectivity index (χ4n) is 0.337. The van der Waals surface area contributed by atoms with Crippen molar-refractivity contribution in [3.05, 3.63) is 0 Å². The lowest BCUT2D eigenvalue weighted by molar-refractivity contribution is -0.290. The minimum Gasteiger partial charge on any atom is -0.378 e. The lowest BCUT2D eigenvalue weighted by atomic mass is 9.89. The first-order valence-electron chi connectivity index (χ1n) is 2.98. The molecule has 0 spiro atoms. The topological polar surface area (TPSA) is 20.2 Å². The number of halogens is 4. The highest BCUT2D eigenvalue weighted by molar-refractivity contribution is 4.96. The van der Waals surface area contributed by atoms with Crippen LogP contribution in [0.1, 0.15) is 20.8 Å². The molecule has 0 rings (SSSR count). The van der Waals surface area contributed by atoms with Crippen molar-refractivity contribution in [1.29, 1.82) is 0 Å². The minimum atomic E-state index is -4.94. The first-order valence-corrected chi connectivity index (χ1v) is 2.98. The van der Waals surface area contributed by atoms with E-state index >= 15 is 0 Å². The molecule has 0 aliphatic rings. The fraction of sp³-hybridized carbons (Fsp3) is 1.00. The second-order valence-corrected chi connectivity index (χ2v) is 3.04. The fourth-order valence-corrected chi connectivity index (χ4v) is 0.337. The summed E-state index contributed by atoms with van der Waals surface area (Å²) in [5.74, 6) is 0. The van der Waals surface area contributed by atoms with Gasteiger partial charge in [-0.15, -0.1) is 0 Å². The quantitative estimate of drug-likeness (QED) is 0.603. The summed E-state index contributed by atoms with van der Waals surface area (Å²) in [6.45, 7) is 1.77. The molecule has 0 saturated carbocycles. The number of rotatable bonds is 1. The summed E-state index contributed by atoms with van der Waals surface area (Å²) in [7, 11) is 0. The molecule has 5 heteroatoms. The molecule has 0 aromatic carbocycles. The molecule has 0 aliphatic heterocycles. The van der Waals surface area contributed by atoms with Gasteiger partial charge in [0, 0.05) is 0 Å². The Labute approximate surface area is 62.0 Å². The first kappa shape index (κ1) is 10.7. The number of hydrogen-bond donors (Lipinski definition) is 1. The molecule has 0 radical (unpaired) electrons. The van der Waals surface area contributed by atoms with Gasteiger partial charge in [-0.1, -0.05) is 0 Å². The molecule has 0 heterocycles. The van der Waals surface area contributed by atoms with Gasteiger partial charge in [0.1, 0.15) is 5.67 Å². The van der Waals surface area contributed by atoms with Gasteiger partial charge >= 0.3 is 6.18 Å². The summed E-state index contributed by atoms with van der Waals surface area (Å²) in [4.78, 5) is 0. The average molecular weight is 174 g/mol. The van der Waals surface area contributed by atoms with Gasteiger partial charge in [0.25, 0.3) is 0 Å². The summed E-state index contributed by atoms with van der Waals surface area (Å²) >= 11 is 0. The molecule has 1 atom stereocenters. The highest BCUT2D eigenvalue weighted by Gasteiger charge is 2.59. The van der Waals surface area contributed by atoms with E-state index < -0.39 is 17.4 Å². The predicted molar refractivity (Wildman–Crippen MR) is 31.9 cm³/mol. The zero-order valence-electron chi connectivity index (χ0n) is 6.46. The first-order chi connectivity index (χ1) is 4.50. The van der Waals surface area contributed by atoms with Gasteiger partial charge in [0.2, 0.25) is 0 Å². The summed E-state index contributed by atoms with van der Waals surface area (Å²) in [6.07, 6.45) is -4.94. The van der Waals surface area contributed by atoms with E-state index in [2.05, 4.69) is 0 Å². The lowest BCUT2D eigenvalue weighted by Crippen LogP contribution is -2.55. The molecule has 0 aromatic rings. The van der Waals surface area contributed by atoms with Gasteiger partial charge in [-0.05, 0) is 20.8 Å². The number of alkyl halides is 4. The van der Waals surface area contributed by atoms with Crippen LogP contribution in [0.2, 0.25) is 0 Å². The number of aliphatic hydroxyl groups is 1. The highest BCUT2D eigenvalue weighted by Crippen LogP contribution is 2.39. The van der Waals surface area contributed by atoms with Crippen LogP contribution in [0.4, 0.5) is 17.6 Å². The van der Waals surface area contributed by atoms with Crippen molar-refractivity contribution >= 4 is 0 Å². The van der Waals surface area contributed by atoms with Crippen LogP contribution in [-0.2, 0) is 0 Å². The van der Waals surface area contributed by atoms with E-state index in [1.54, 1.807) is 0 Å². The Balaban J connectivity index is 4.75.